The first-order chi connectivity index (χ1) is 7.68. The van der Waals surface area contributed by atoms with Crippen LogP contribution in [0.1, 0.15) is 25.5 Å². The lowest BCUT2D eigenvalue weighted by Gasteiger charge is -2.28. The van der Waals surface area contributed by atoms with Crippen molar-refractivity contribution in [1.29, 1.82) is 0 Å². The Hall–Kier alpha value is -0.840. The third kappa shape index (κ3) is 2.84. The highest BCUT2D eigenvalue weighted by Crippen LogP contribution is 2.20. The van der Waals surface area contributed by atoms with E-state index in [1.54, 1.807) is 25.3 Å². The van der Waals surface area contributed by atoms with Crippen LogP contribution in [0.15, 0.2) is 22.8 Å². The molecule has 2 N–H and O–H groups in total. The second-order valence-electron chi connectivity index (χ2n) is 4.52. The Morgan fingerprint density at radius 2 is 2.25 bits per heavy atom. The van der Waals surface area contributed by atoms with Crippen molar-refractivity contribution in [2.24, 2.45) is 0 Å². The van der Waals surface area contributed by atoms with Gasteiger partial charge in [0.25, 0.3) is 0 Å². The van der Waals surface area contributed by atoms with Crippen LogP contribution < -0.4 is 5.32 Å². The summed E-state index contributed by atoms with van der Waals surface area (Å²) >= 11 is 0. The zero-order valence-corrected chi connectivity index (χ0v) is 9.61. The van der Waals surface area contributed by atoms with Gasteiger partial charge < -0.3 is 19.6 Å². The molecule has 1 aromatic heterocycles. The van der Waals surface area contributed by atoms with Crippen LogP contribution in [0.25, 0.3) is 0 Å². The van der Waals surface area contributed by atoms with E-state index in [-0.39, 0.29) is 0 Å². The average molecular weight is 225 g/mol. The summed E-state index contributed by atoms with van der Waals surface area (Å²) in [5, 5.41) is 13.6. The molecule has 1 unspecified atom stereocenters. The van der Waals surface area contributed by atoms with Gasteiger partial charge in [-0.1, -0.05) is 0 Å². The van der Waals surface area contributed by atoms with Gasteiger partial charge in [0.1, 0.15) is 11.4 Å². The van der Waals surface area contributed by atoms with E-state index in [0.29, 0.717) is 18.3 Å². The predicted molar refractivity (Wildman–Crippen MR) is 60.1 cm³/mol. The molecule has 0 spiro atoms. The largest absolute Gasteiger partial charge is 0.466 e. The maximum Gasteiger partial charge on any atom is 0.136 e. The third-order valence-electron chi connectivity index (χ3n) is 3.01. The molecule has 1 aromatic rings. The van der Waals surface area contributed by atoms with Crippen LogP contribution in [0.2, 0.25) is 0 Å². The van der Waals surface area contributed by atoms with E-state index in [1.807, 2.05) is 0 Å². The molecule has 2 heterocycles. The topological polar surface area (TPSA) is 54.6 Å². The van der Waals surface area contributed by atoms with E-state index >= 15 is 0 Å². The number of hydrogen-bond acceptors (Lipinski definition) is 4. The van der Waals surface area contributed by atoms with Gasteiger partial charge in [-0.2, -0.15) is 0 Å². The fraction of sp³-hybridized carbons (Fsp3) is 0.667. The summed E-state index contributed by atoms with van der Waals surface area (Å²) < 4.78 is 10.5. The zero-order valence-electron chi connectivity index (χ0n) is 9.61. The molecule has 4 nitrogen and oxygen atoms in total. The number of furan rings is 1. The van der Waals surface area contributed by atoms with E-state index < -0.39 is 5.60 Å². The van der Waals surface area contributed by atoms with Crippen molar-refractivity contribution < 1.29 is 14.3 Å². The summed E-state index contributed by atoms with van der Waals surface area (Å²) in [5.41, 5.74) is -0.943. The Morgan fingerprint density at radius 3 is 2.88 bits per heavy atom. The highest BCUT2D eigenvalue weighted by molar-refractivity contribution is 5.08. The summed E-state index contributed by atoms with van der Waals surface area (Å²) in [7, 11) is 0. The number of rotatable bonds is 4. The molecule has 0 amide bonds. The SMILES string of the molecule is CC(O)(CNC1CCOCC1)c1ccco1. The Balaban J connectivity index is 1.84. The van der Waals surface area contributed by atoms with Gasteiger partial charge in [0, 0.05) is 25.8 Å². The molecule has 1 aliphatic rings. The Labute approximate surface area is 95.6 Å². The molecule has 2 rings (SSSR count). The second-order valence-corrected chi connectivity index (χ2v) is 4.52. The van der Waals surface area contributed by atoms with Gasteiger partial charge in [-0.3, -0.25) is 0 Å². The van der Waals surface area contributed by atoms with Crippen molar-refractivity contribution in [1.82, 2.24) is 5.32 Å². The van der Waals surface area contributed by atoms with Crippen LogP contribution in [0.4, 0.5) is 0 Å². The monoisotopic (exact) mass is 225 g/mol. The maximum absolute atomic E-state index is 10.2. The minimum Gasteiger partial charge on any atom is -0.466 e. The van der Waals surface area contributed by atoms with Crippen LogP contribution in [-0.2, 0) is 10.3 Å². The fourth-order valence-electron chi connectivity index (χ4n) is 1.92. The molecule has 4 heteroatoms. The van der Waals surface area contributed by atoms with E-state index in [1.165, 1.54) is 0 Å². The van der Waals surface area contributed by atoms with Crippen molar-refractivity contribution in [2.75, 3.05) is 19.8 Å². The van der Waals surface area contributed by atoms with Crippen molar-refractivity contribution >= 4 is 0 Å². The van der Waals surface area contributed by atoms with E-state index in [4.69, 9.17) is 9.15 Å². The molecule has 0 radical (unpaired) electrons. The molecule has 0 bridgehead atoms. The third-order valence-corrected chi connectivity index (χ3v) is 3.01. The van der Waals surface area contributed by atoms with Crippen LogP contribution >= 0.6 is 0 Å². The fourth-order valence-corrected chi connectivity index (χ4v) is 1.92. The molecule has 1 saturated heterocycles. The number of ether oxygens (including phenoxy) is 1. The Kier molecular flexibility index (Phi) is 3.63. The lowest BCUT2D eigenvalue weighted by atomic mass is 10.0. The average Bonchev–Trinajstić information content (AvgIpc) is 2.82. The van der Waals surface area contributed by atoms with Gasteiger partial charge in [-0.05, 0) is 31.9 Å². The van der Waals surface area contributed by atoms with Gasteiger partial charge in [0.05, 0.1) is 6.26 Å². The summed E-state index contributed by atoms with van der Waals surface area (Å²) in [4.78, 5) is 0. The number of nitrogens with one attached hydrogen (secondary N) is 1. The van der Waals surface area contributed by atoms with Crippen LogP contribution in [-0.4, -0.2) is 30.9 Å². The minimum absolute atomic E-state index is 0.440. The quantitative estimate of drug-likeness (QED) is 0.810. The van der Waals surface area contributed by atoms with Crippen LogP contribution in [0.5, 0.6) is 0 Å². The second kappa shape index (κ2) is 4.99. The van der Waals surface area contributed by atoms with Crippen molar-refractivity contribution in [3.63, 3.8) is 0 Å². The standard InChI is InChI=1S/C12H19NO3/c1-12(14,11-3-2-6-16-11)9-13-10-4-7-15-8-5-10/h2-3,6,10,13-14H,4-5,7-9H2,1H3. The van der Waals surface area contributed by atoms with Gasteiger partial charge in [0.2, 0.25) is 0 Å². The first-order valence-corrected chi connectivity index (χ1v) is 5.76. The predicted octanol–water partition coefficient (Wildman–Crippen LogP) is 1.26. The molecule has 90 valence electrons. The molecular weight excluding hydrogens is 206 g/mol. The molecule has 0 saturated carbocycles. The maximum atomic E-state index is 10.2. The minimum atomic E-state index is -0.943. The van der Waals surface area contributed by atoms with Crippen molar-refractivity contribution in [3.8, 4) is 0 Å². The lowest BCUT2D eigenvalue weighted by Crippen LogP contribution is -2.43. The molecule has 16 heavy (non-hydrogen) atoms. The molecule has 1 fully saturated rings. The molecule has 0 aromatic carbocycles. The summed E-state index contributed by atoms with van der Waals surface area (Å²) in [6, 6.07) is 4.03. The number of hydrogen-bond donors (Lipinski definition) is 2. The smallest absolute Gasteiger partial charge is 0.136 e. The lowest BCUT2D eigenvalue weighted by molar-refractivity contribution is 0.0218. The summed E-state index contributed by atoms with van der Waals surface area (Å²) in [6.45, 7) is 3.88. The first kappa shape index (κ1) is 11.6. The van der Waals surface area contributed by atoms with Gasteiger partial charge in [0.15, 0.2) is 0 Å². The van der Waals surface area contributed by atoms with Gasteiger partial charge in [-0.25, -0.2) is 0 Å². The van der Waals surface area contributed by atoms with E-state index in [9.17, 15) is 5.11 Å². The summed E-state index contributed by atoms with van der Waals surface area (Å²) in [6.07, 6.45) is 3.60. The van der Waals surface area contributed by atoms with E-state index in [0.717, 1.165) is 26.1 Å². The summed E-state index contributed by atoms with van der Waals surface area (Å²) in [5.74, 6) is 0.604. The highest BCUT2D eigenvalue weighted by atomic mass is 16.5. The first-order valence-electron chi connectivity index (χ1n) is 5.76. The van der Waals surface area contributed by atoms with Crippen molar-refractivity contribution in [3.05, 3.63) is 24.2 Å². The number of aliphatic hydroxyl groups is 1. The molecule has 1 atom stereocenters. The van der Waals surface area contributed by atoms with Crippen LogP contribution in [0, 0.1) is 0 Å². The molecule has 0 aliphatic carbocycles. The zero-order chi connectivity index (χ0) is 11.4. The van der Waals surface area contributed by atoms with Gasteiger partial charge in [-0.15, -0.1) is 0 Å². The van der Waals surface area contributed by atoms with Crippen LogP contribution in [0.3, 0.4) is 0 Å². The Morgan fingerprint density at radius 1 is 1.50 bits per heavy atom. The van der Waals surface area contributed by atoms with Crippen molar-refractivity contribution in [2.45, 2.75) is 31.4 Å². The van der Waals surface area contributed by atoms with E-state index in [2.05, 4.69) is 5.32 Å². The van der Waals surface area contributed by atoms with Gasteiger partial charge >= 0.3 is 0 Å². The molecule has 1 aliphatic heterocycles. The highest BCUT2D eigenvalue weighted by Gasteiger charge is 2.27. The Bertz CT molecular complexity index is 302. The normalized spacial score (nSPS) is 21.9. The molecular formula is C12H19NO3.